The van der Waals surface area contributed by atoms with Gasteiger partial charge in [-0.1, -0.05) is 38.1 Å². The number of carbonyl (C=O) groups is 1. The molecule has 4 nitrogen and oxygen atoms in total. The molecule has 0 unspecified atom stereocenters. The van der Waals surface area contributed by atoms with Crippen molar-refractivity contribution in [1.82, 2.24) is 0 Å². The summed E-state index contributed by atoms with van der Waals surface area (Å²) in [5.74, 6) is 0.696. The molecule has 0 spiro atoms. The number of benzene rings is 2. The number of hydrogen-bond donors (Lipinski definition) is 1. The standard InChI is InChI=1S/C18H20O4/c1-4-21-17(20)22-16-11-7-14(8-12-16)18(2,3)13-5-9-15(19)10-6-13/h5-12,19H,4H2,1-3H3. The van der Waals surface area contributed by atoms with Gasteiger partial charge in [-0.15, -0.1) is 0 Å². The largest absolute Gasteiger partial charge is 0.513 e. The second-order valence-corrected chi connectivity index (χ2v) is 5.48. The van der Waals surface area contributed by atoms with Gasteiger partial charge >= 0.3 is 6.16 Å². The van der Waals surface area contributed by atoms with Gasteiger partial charge in [0.1, 0.15) is 11.5 Å². The zero-order valence-electron chi connectivity index (χ0n) is 13.0. The fourth-order valence-corrected chi connectivity index (χ4v) is 2.23. The first-order valence-corrected chi connectivity index (χ1v) is 7.18. The van der Waals surface area contributed by atoms with Crippen LogP contribution in [-0.4, -0.2) is 17.9 Å². The number of phenols is 1. The molecule has 4 heteroatoms. The molecule has 0 amide bonds. The van der Waals surface area contributed by atoms with Crippen molar-refractivity contribution in [1.29, 1.82) is 0 Å². The van der Waals surface area contributed by atoms with Crippen LogP contribution in [0.25, 0.3) is 0 Å². The van der Waals surface area contributed by atoms with Gasteiger partial charge < -0.3 is 14.6 Å². The Bertz CT molecular complexity index is 627. The maximum absolute atomic E-state index is 11.3. The molecular formula is C18H20O4. The summed E-state index contributed by atoms with van der Waals surface area (Å²) in [6, 6.07) is 14.5. The normalized spacial score (nSPS) is 11.0. The molecule has 0 aliphatic carbocycles. The third-order valence-corrected chi connectivity index (χ3v) is 3.63. The predicted molar refractivity (Wildman–Crippen MR) is 84.3 cm³/mol. The maximum Gasteiger partial charge on any atom is 0.513 e. The molecule has 0 bridgehead atoms. The second kappa shape index (κ2) is 6.52. The van der Waals surface area contributed by atoms with Crippen molar-refractivity contribution in [2.75, 3.05) is 6.61 Å². The Morgan fingerprint density at radius 3 is 2.00 bits per heavy atom. The molecule has 0 saturated heterocycles. The highest BCUT2D eigenvalue weighted by atomic mass is 16.7. The first kappa shape index (κ1) is 15.9. The van der Waals surface area contributed by atoms with Crippen molar-refractivity contribution in [2.45, 2.75) is 26.2 Å². The van der Waals surface area contributed by atoms with Crippen LogP contribution in [0.15, 0.2) is 48.5 Å². The van der Waals surface area contributed by atoms with Crippen molar-refractivity contribution < 1.29 is 19.4 Å². The van der Waals surface area contributed by atoms with Gasteiger partial charge in [-0.25, -0.2) is 4.79 Å². The number of hydrogen-bond acceptors (Lipinski definition) is 4. The van der Waals surface area contributed by atoms with E-state index in [0.29, 0.717) is 5.75 Å². The molecule has 1 N–H and O–H groups in total. The maximum atomic E-state index is 11.3. The lowest BCUT2D eigenvalue weighted by Crippen LogP contribution is -2.18. The second-order valence-electron chi connectivity index (χ2n) is 5.48. The van der Waals surface area contributed by atoms with Gasteiger partial charge in [0.25, 0.3) is 0 Å². The van der Waals surface area contributed by atoms with Crippen molar-refractivity contribution in [3.8, 4) is 11.5 Å². The van der Waals surface area contributed by atoms with E-state index in [1.165, 1.54) is 0 Å². The molecule has 116 valence electrons. The highest BCUT2D eigenvalue weighted by molar-refractivity contribution is 5.63. The number of phenolic OH excluding ortho intramolecular Hbond substituents is 1. The van der Waals surface area contributed by atoms with Gasteiger partial charge in [-0.05, 0) is 42.3 Å². The Balaban J connectivity index is 2.18. The molecule has 0 aliphatic rings. The minimum Gasteiger partial charge on any atom is -0.508 e. The van der Waals surface area contributed by atoms with Crippen LogP contribution in [-0.2, 0) is 10.2 Å². The van der Waals surface area contributed by atoms with E-state index in [1.54, 1.807) is 31.2 Å². The molecule has 0 radical (unpaired) electrons. The van der Waals surface area contributed by atoms with Crippen molar-refractivity contribution in [2.24, 2.45) is 0 Å². The molecular weight excluding hydrogens is 280 g/mol. The number of carbonyl (C=O) groups excluding carboxylic acids is 1. The van der Waals surface area contributed by atoms with Crippen LogP contribution in [0.5, 0.6) is 11.5 Å². The minimum atomic E-state index is -0.701. The summed E-state index contributed by atoms with van der Waals surface area (Å²) < 4.78 is 9.79. The zero-order chi connectivity index (χ0) is 16.2. The van der Waals surface area contributed by atoms with Gasteiger partial charge in [0.05, 0.1) is 6.61 Å². The summed E-state index contributed by atoms with van der Waals surface area (Å²) in [5, 5.41) is 9.40. The van der Waals surface area contributed by atoms with Gasteiger partial charge in [-0.3, -0.25) is 0 Å². The average molecular weight is 300 g/mol. The van der Waals surface area contributed by atoms with E-state index in [9.17, 15) is 9.90 Å². The van der Waals surface area contributed by atoms with Crippen molar-refractivity contribution >= 4 is 6.16 Å². The summed E-state index contributed by atoms with van der Waals surface area (Å²) in [7, 11) is 0. The summed E-state index contributed by atoms with van der Waals surface area (Å²) in [6.45, 7) is 6.20. The van der Waals surface area contributed by atoms with Crippen LogP contribution in [0.2, 0.25) is 0 Å². The quantitative estimate of drug-likeness (QED) is 0.677. The van der Waals surface area contributed by atoms with E-state index in [2.05, 4.69) is 13.8 Å². The van der Waals surface area contributed by atoms with Crippen LogP contribution in [0.4, 0.5) is 4.79 Å². The summed E-state index contributed by atoms with van der Waals surface area (Å²) in [6.07, 6.45) is -0.701. The number of ether oxygens (including phenoxy) is 2. The van der Waals surface area contributed by atoms with Crippen LogP contribution in [0, 0.1) is 0 Å². The third kappa shape index (κ3) is 3.58. The van der Waals surface area contributed by atoms with E-state index >= 15 is 0 Å². The van der Waals surface area contributed by atoms with E-state index in [4.69, 9.17) is 9.47 Å². The monoisotopic (exact) mass is 300 g/mol. The minimum absolute atomic E-state index is 0.226. The van der Waals surface area contributed by atoms with E-state index in [-0.39, 0.29) is 17.8 Å². The first-order chi connectivity index (χ1) is 10.4. The molecule has 2 rings (SSSR count). The molecule has 0 saturated carbocycles. The van der Waals surface area contributed by atoms with Gasteiger partial charge in [0, 0.05) is 5.41 Å². The van der Waals surface area contributed by atoms with Gasteiger partial charge in [0.2, 0.25) is 0 Å². The highest BCUT2D eigenvalue weighted by Crippen LogP contribution is 2.33. The topological polar surface area (TPSA) is 55.8 Å². The van der Waals surface area contributed by atoms with Crippen LogP contribution < -0.4 is 4.74 Å². The summed E-state index contributed by atoms with van der Waals surface area (Å²) in [5.41, 5.74) is 1.94. The smallest absolute Gasteiger partial charge is 0.508 e. The number of rotatable bonds is 4. The molecule has 2 aromatic rings. The van der Waals surface area contributed by atoms with Crippen molar-refractivity contribution in [3.63, 3.8) is 0 Å². The summed E-state index contributed by atoms with van der Waals surface area (Å²) >= 11 is 0. The highest BCUT2D eigenvalue weighted by Gasteiger charge is 2.23. The Hall–Kier alpha value is -2.49. The van der Waals surface area contributed by atoms with Gasteiger partial charge in [0.15, 0.2) is 0 Å². The average Bonchev–Trinajstić information content (AvgIpc) is 2.48. The lowest BCUT2D eigenvalue weighted by molar-refractivity contribution is 0.104. The molecule has 0 aliphatic heterocycles. The van der Waals surface area contributed by atoms with E-state index in [1.807, 2.05) is 24.3 Å². The Kier molecular flexibility index (Phi) is 4.71. The SMILES string of the molecule is CCOC(=O)Oc1ccc(C(C)(C)c2ccc(O)cc2)cc1. The van der Waals surface area contributed by atoms with E-state index < -0.39 is 6.16 Å². The molecule has 0 aromatic heterocycles. The third-order valence-electron chi connectivity index (χ3n) is 3.63. The molecule has 0 fully saturated rings. The predicted octanol–water partition coefficient (Wildman–Crippen LogP) is 4.25. The molecule has 0 heterocycles. The van der Waals surface area contributed by atoms with Crippen molar-refractivity contribution in [3.05, 3.63) is 59.7 Å². The van der Waals surface area contributed by atoms with Crippen LogP contribution in [0.1, 0.15) is 31.9 Å². The Morgan fingerprint density at radius 2 is 1.50 bits per heavy atom. The fourth-order valence-electron chi connectivity index (χ4n) is 2.23. The van der Waals surface area contributed by atoms with Crippen LogP contribution in [0.3, 0.4) is 0 Å². The Morgan fingerprint density at radius 1 is 1.00 bits per heavy atom. The summed E-state index contributed by atoms with van der Waals surface area (Å²) in [4.78, 5) is 11.3. The first-order valence-electron chi connectivity index (χ1n) is 7.18. The molecule has 2 aromatic carbocycles. The van der Waals surface area contributed by atoms with Crippen LogP contribution >= 0.6 is 0 Å². The molecule has 22 heavy (non-hydrogen) atoms. The Labute approximate surface area is 130 Å². The van der Waals surface area contributed by atoms with Gasteiger partial charge in [-0.2, -0.15) is 0 Å². The fraction of sp³-hybridized carbons (Fsp3) is 0.278. The number of aromatic hydroxyl groups is 1. The lowest BCUT2D eigenvalue weighted by Gasteiger charge is -2.26. The van der Waals surface area contributed by atoms with E-state index in [0.717, 1.165) is 11.1 Å². The zero-order valence-corrected chi connectivity index (χ0v) is 13.0. The lowest BCUT2D eigenvalue weighted by atomic mass is 9.78. The molecule has 0 atom stereocenters.